The zero-order valence-electron chi connectivity index (χ0n) is 17.1. The lowest BCUT2D eigenvalue weighted by Gasteiger charge is -2.25. The Hall–Kier alpha value is -4.06. The maximum atomic E-state index is 13.1. The summed E-state index contributed by atoms with van der Waals surface area (Å²) in [6, 6.07) is 21.9. The van der Waals surface area contributed by atoms with E-state index in [9.17, 15) is 14.7 Å². The van der Waals surface area contributed by atoms with Crippen LogP contribution in [0.15, 0.2) is 84.4 Å². The van der Waals surface area contributed by atoms with Crippen LogP contribution in [0.25, 0.3) is 5.76 Å². The topological polar surface area (TPSA) is 76.1 Å². The monoisotopic (exact) mass is 415 g/mol. The lowest BCUT2D eigenvalue weighted by atomic mass is 9.95. The van der Waals surface area contributed by atoms with E-state index < -0.39 is 17.7 Å². The molecular formula is C25H21NO5. The Morgan fingerprint density at radius 2 is 1.35 bits per heavy atom. The van der Waals surface area contributed by atoms with Crippen LogP contribution in [0.1, 0.15) is 17.2 Å². The largest absolute Gasteiger partial charge is 0.507 e. The van der Waals surface area contributed by atoms with E-state index in [0.717, 1.165) is 0 Å². The summed E-state index contributed by atoms with van der Waals surface area (Å²) < 4.78 is 10.4. The van der Waals surface area contributed by atoms with Crippen LogP contribution < -0.4 is 14.4 Å². The highest BCUT2D eigenvalue weighted by Gasteiger charge is 2.46. The standard InChI is InChI=1S/C25H21NO5/c1-30-19-12-8-16(9-13-19)22-21(23(27)17-6-4-3-5-7-17)24(28)25(29)26(22)18-10-14-20(31-2)15-11-18/h3-15,22,27H,1-2H3. The molecule has 31 heavy (non-hydrogen) atoms. The van der Waals surface area contributed by atoms with E-state index in [4.69, 9.17) is 9.47 Å². The van der Waals surface area contributed by atoms with Crippen molar-refractivity contribution in [3.8, 4) is 11.5 Å². The Balaban J connectivity index is 1.90. The number of hydrogen-bond donors (Lipinski definition) is 1. The van der Waals surface area contributed by atoms with E-state index in [-0.39, 0.29) is 11.3 Å². The van der Waals surface area contributed by atoms with Crippen LogP contribution in [0.3, 0.4) is 0 Å². The molecule has 0 spiro atoms. The molecule has 0 saturated carbocycles. The third-order valence-corrected chi connectivity index (χ3v) is 5.27. The second kappa shape index (κ2) is 8.36. The number of carbonyl (C=O) groups is 2. The maximum absolute atomic E-state index is 13.1. The molecule has 1 aliphatic rings. The molecule has 0 radical (unpaired) electrons. The Bertz CT molecular complexity index is 1130. The molecule has 0 aliphatic carbocycles. The van der Waals surface area contributed by atoms with Gasteiger partial charge in [0.2, 0.25) is 0 Å². The van der Waals surface area contributed by atoms with Crippen LogP contribution in [0, 0.1) is 0 Å². The van der Waals surface area contributed by atoms with Crippen molar-refractivity contribution in [3.63, 3.8) is 0 Å². The fourth-order valence-electron chi connectivity index (χ4n) is 3.69. The van der Waals surface area contributed by atoms with Gasteiger partial charge in [-0.05, 0) is 42.0 Å². The number of amides is 1. The summed E-state index contributed by atoms with van der Waals surface area (Å²) in [7, 11) is 3.12. The summed E-state index contributed by atoms with van der Waals surface area (Å²) in [6.07, 6.45) is 0. The van der Waals surface area contributed by atoms with Gasteiger partial charge in [0.25, 0.3) is 11.7 Å². The Kier molecular flexibility index (Phi) is 5.45. The molecule has 1 unspecified atom stereocenters. The van der Waals surface area contributed by atoms with E-state index in [0.29, 0.717) is 28.3 Å². The molecule has 6 heteroatoms. The number of hydrogen-bond acceptors (Lipinski definition) is 5. The number of aliphatic hydroxyl groups is 1. The fraction of sp³-hybridized carbons (Fsp3) is 0.120. The molecule has 1 amide bonds. The zero-order valence-corrected chi connectivity index (χ0v) is 17.1. The van der Waals surface area contributed by atoms with E-state index in [1.54, 1.807) is 87.0 Å². The van der Waals surface area contributed by atoms with Gasteiger partial charge in [-0.1, -0.05) is 42.5 Å². The predicted molar refractivity (Wildman–Crippen MR) is 117 cm³/mol. The minimum Gasteiger partial charge on any atom is -0.507 e. The number of anilines is 1. The molecule has 1 aliphatic heterocycles. The van der Waals surface area contributed by atoms with Gasteiger partial charge in [-0.2, -0.15) is 0 Å². The van der Waals surface area contributed by atoms with E-state index >= 15 is 0 Å². The minimum atomic E-state index is -0.792. The quantitative estimate of drug-likeness (QED) is 0.381. The van der Waals surface area contributed by atoms with Crippen molar-refractivity contribution in [3.05, 3.63) is 95.6 Å². The van der Waals surface area contributed by atoms with Crippen molar-refractivity contribution in [2.45, 2.75) is 6.04 Å². The molecule has 156 valence electrons. The number of rotatable bonds is 5. The first-order valence-electron chi connectivity index (χ1n) is 9.69. The smallest absolute Gasteiger partial charge is 0.300 e. The first-order valence-corrected chi connectivity index (χ1v) is 9.69. The molecule has 1 heterocycles. The van der Waals surface area contributed by atoms with Crippen molar-refractivity contribution in [2.24, 2.45) is 0 Å². The van der Waals surface area contributed by atoms with Crippen LogP contribution in [0.4, 0.5) is 5.69 Å². The number of nitrogens with zero attached hydrogens (tertiary/aromatic N) is 1. The normalized spacial score (nSPS) is 17.6. The number of benzene rings is 3. The average molecular weight is 415 g/mol. The Labute approximate surface area is 180 Å². The summed E-state index contributed by atoms with van der Waals surface area (Å²) in [5, 5.41) is 11.0. The number of aliphatic hydroxyl groups excluding tert-OH is 1. The summed E-state index contributed by atoms with van der Waals surface area (Å²) in [5.74, 6) is -0.379. The van der Waals surface area contributed by atoms with Crippen molar-refractivity contribution in [2.75, 3.05) is 19.1 Å². The summed E-state index contributed by atoms with van der Waals surface area (Å²) >= 11 is 0. The minimum absolute atomic E-state index is 0.0391. The van der Waals surface area contributed by atoms with Crippen molar-refractivity contribution in [1.82, 2.24) is 0 Å². The molecular weight excluding hydrogens is 394 g/mol. The number of Topliss-reactive ketones (excluding diaryl/α,β-unsaturated/α-hetero) is 1. The third kappa shape index (κ3) is 3.64. The molecule has 1 saturated heterocycles. The lowest BCUT2D eigenvalue weighted by molar-refractivity contribution is -0.132. The molecule has 1 N–H and O–H groups in total. The molecule has 1 atom stereocenters. The van der Waals surface area contributed by atoms with Crippen LogP contribution in [-0.2, 0) is 9.59 Å². The molecule has 6 nitrogen and oxygen atoms in total. The highest BCUT2D eigenvalue weighted by molar-refractivity contribution is 6.51. The first-order chi connectivity index (χ1) is 15.0. The number of ketones is 1. The van der Waals surface area contributed by atoms with Gasteiger partial charge in [0.1, 0.15) is 17.3 Å². The Morgan fingerprint density at radius 1 is 0.806 bits per heavy atom. The summed E-state index contributed by atoms with van der Waals surface area (Å²) in [5.41, 5.74) is 1.70. The van der Waals surface area contributed by atoms with Gasteiger partial charge in [-0.25, -0.2) is 0 Å². The maximum Gasteiger partial charge on any atom is 0.300 e. The molecule has 3 aromatic rings. The van der Waals surface area contributed by atoms with Gasteiger partial charge in [0.15, 0.2) is 0 Å². The van der Waals surface area contributed by atoms with Crippen molar-refractivity contribution < 1.29 is 24.2 Å². The van der Waals surface area contributed by atoms with Crippen LogP contribution >= 0.6 is 0 Å². The van der Waals surface area contributed by atoms with E-state index in [1.807, 2.05) is 6.07 Å². The highest BCUT2D eigenvalue weighted by atomic mass is 16.5. The van der Waals surface area contributed by atoms with Crippen LogP contribution in [0.2, 0.25) is 0 Å². The fourth-order valence-corrected chi connectivity index (χ4v) is 3.69. The molecule has 3 aromatic carbocycles. The summed E-state index contributed by atoms with van der Waals surface area (Å²) in [6.45, 7) is 0. The van der Waals surface area contributed by atoms with Gasteiger partial charge in [-0.15, -0.1) is 0 Å². The van der Waals surface area contributed by atoms with Crippen molar-refractivity contribution >= 4 is 23.1 Å². The van der Waals surface area contributed by atoms with E-state index in [1.165, 1.54) is 4.90 Å². The molecule has 0 bridgehead atoms. The van der Waals surface area contributed by atoms with Crippen LogP contribution in [-0.4, -0.2) is 31.0 Å². The number of ether oxygens (including phenoxy) is 2. The van der Waals surface area contributed by atoms with Gasteiger partial charge in [-0.3, -0.25) is 14.5 Å². The first kappa shape index (κ1) is 20.2. The van der Waals surface area contributed by atoms with Gasteiger partial charge >= 0.3 is 0 Å². The van der Waals surface area contributed by atoms with Gasteiger partial charge < -0.3 is 14.6 Å². The number of methoxy groups -OCH3 is 2. The zero-order chi connectivity index (χ0) is 22.0. The number of carbonyl (C=O) groups excluding carboxylic acids is 2. The SMILES string of the molecule is COc1ccc(C2C(=C(O)c3ccccc3)C(=O)C(=O)N2c2ccc(OC)cc2)cc1. The van der Waals surface area contributed by atoms with Crippen molar-refractivity contribution in [1.29, 1.82) is 0 Å². The third-order valence-electron chi connectivity index (χ3n) is 5.27. The van der Waals surface area contributed by atoms with Gasteiger partial charge in [0.05, 0.1) is 25.8 Å². The summed E-state index contributed by atoms with van der Waals surface area (Å²) in [4.78, 5) is 27.6. The molecule has 4 rings (SSSR count). The van der Waals surface area contributed by atoms with Gasteiger partial charge in [0, 0.05) is 11.3 Å². The van der Waals surface area contributed by atoms with E-state index in [2.05, 4.69) is 0 Å². The average Bonchev–Trinajstić information content (AvgIpc) is 3.09. The van der Waals surface area contributed by atoms with Crippen LogP contribution in [0.5, 0.6) is 11.5 Å². The highest BCUT2D eigenvalue weighted by Crippen LogP contribution is 2.42. The molecule has 1 fully saturated rings. The lowest BCUT2D eigenvalue weighted by Crippen LogP contribution is -2.29. The predicted octanol–water partition coefficient (Wildman–Crippen LogP) is 4.33. The second-order valence-electron chi connectivity index (χ2n) is 7.01. The Morgan fingerprint density at radius 3 is 1.90 bits per heavy atom. The second-order valence-corrected chi connectivity index (χ2v) is 7.01. The molecule has 0 aromatic heterocycles.